The lowest BCUT2D eigenvalue weighted by atomic mass is 9.93. The van der Waals surface area contributed by atoms with Crippen LogP contribution in [0.5, 0.6) is 0 Å². The van der Waals surface area contributed by atoms with Crippen LogP contribution in [0.25, 0.3) is 11.3 Å². The first kappa shape index (κ1) is 25.8. The fourth-order valence-corrected chi connectivity index (χ4v) is 4.26. The van der Waals surface area contributed by atoms with Gasteiger partial charge in [0.25, 0.3) is 0 Å². The van der Waals surface area contributed by atoms with Crippen LogP contribution in [-0.4, -0.2) is 64.3 Å². The van der Waals surface area contributed by atoms with Gasteiger partial charge >= 0.3 is 6.09 Å². The zero-order chi connectivity index (χ0) is 24.6. The molecule has 34 heavy (non-hydrogen) atoms. The second-order valence-corrected chi connectivity index (χ2v) is 10.4. The molecule has 1 aromatic carbocycles. The Hall–Kier alpha value is -2.83. The number of rotatable bonds is 9. The second kappa shape index (κ2) is 12.0. The van der Waals surface area contributed by atoms with Crippen LogP contribution in [0.15, 0.2) is 36.4 Å². The number of carbonyl (C=O) groups is 2. The molecule has 1 aromatic heterocycles. The number of aromatic nitrogens is 2. The molecule has 2 aromatic rings. The maximum atomic E-state index is 12.6. The number of piperidine rings is 1. The summed E-state index contributed by atoms with van der Waals surface area (Å²) in [5.41, 5.74) is 2.79. The molecular formula is C27H40N4O3. The van der Waals surface area contributed by atoms with E-state index in [4.69, 9.17) is 4.74 Å². The van der Waals surface area contributed by atoms with Crippen molar-refractivity contribution in [3.05, 3.63) is 42.1 Å². The van der Waals surface area contributed by atoms with E-state index in [2.05, 4.69) is 28.4 Å². The average Bonchev–Trinajstić information content (AvgIpc) is 3.27. The van der Waals surface area contributed by atoms with Crippen molar-refractivity contribution in [1.82, 2.24) is 20.0 Å². The third-order valence-electron chi connectivity index (χ3n) is 6.30. The number of aromatic amines is 1. The van der Waals surface area contributed by atoms with Crippen molar-refractivity contribution < 1.29 is 14.3 Å². The van der Waals surface area contributed by atoms with E-state index in [-0.39, 0.29) is 12.0 Å². The largest absolute Gasteiger partial charge is 0.444 e. The van der Waals surface area contributed by atoms with E-state index in [0.717, 1.165) is 62.0 Å². The van der Waals surface area contributed by atoms with Gasteiger partial charge in [-0.25, -0.2) is 4.79 Å². The summed E-state index contributed by atoms with van der Waals surface area (Å²) >= 11 is 0. The highest BCUT2D eigenvalue weighted by Gasteiger charge is 2.28. The number of nitrogens with one attached hydrogen (secondary N) is 1. The Morgan fingerprint density at radius 3 is 2.50 bits per heavy atom. The van der Waals surface area contributed by atoms with Crippen molar-refractivity contribution in [1.29, 1.82) is 0 Å². The van der Waals surface area contributed by atoms with Gasteiger partial charge in [-0.2, -0.15) is 5.10 Å². The van der Waals surface area contributed by atoms with E-state index in [0.29, 0.717) is 25.4 Å². The molecule has 186 valence electrons. The highest BCUT2D eigenvalue weighted by atomic mass is 16.6. The minimum atomic E-state index is -0.476. The van der Waals surface area contributed by atoms with Crippen LogP contribution in [0.2, 0.25) is 0 Å². The summed E-state index contributed by atoms with van der Waals surface area (Å²) in [5, 5.41) is 7.56. The number of benzene rings is 1. The number of likely N-dealkylation sites (tertiary alicyclic amines) is 1. The van der Waals surface area contributed by atoms with Crippen LogP contribution < -0.4 is 0 Å². The SMILES string of the molecule is CN(CCCCCc1cc(-c2ccccc2)n[nH]1)C(=O)CC1CCN(C(=O)OC(C)(C)C)CC1. The molecule has 0 radical (unpaired) electrons. The molecule has 1 aliphatic heterocycles. The first-order valence-corrected chi connectivity index (χ1v) is 12.5. The molecule has 0 aliphatic carbocycles. The maximum absolute atomic E-state index is 12.6. The van der Waals surface area contributed by atoms with Gasteiger partial charge in [0.2, 0.25) is 5.91 Å². The van der Waals surface area contributed by atoms with Gasteiger partial charge < -0.3 is 14.5 Å². The summed E-state index contributed by atoms with van der Waals surface area (Å²) < 4.78 is 5.45. The molecule has 0 spiro atoms. The number of carbonyl (C=O) groups excluding carboxylic acids is 2. The van der Waals surface area contributed by atoms with Crippen molar-refractivity contribution >= 4 is 12.0 Å². The van der Waals surface area contributed by atoms with Crippen LogP contribution in [0.4, 0.5) is 4.79 Å². The van der Waals surface area contributed by atoms with Crippen LogP contribution >= 0.6 is 0 Å². The highest BCUT2D eigenvalue weighted by Crippen LogP contribution is 2.23. The Kier molecular flexibility index (Phi) is 9.13. The number of nitrogens with zero attached hydrogens (tertiary/aromatic N) is 3. The van der Waals surface area contributed by atoms with E-state index >= 15 is 0 Å². The lowest BCUT2D eigenvalue weighted by Gasteiger charge is -2.33. The molecule has 3 rings (SSSR count). The maximum Gasteiger partial charge on any atom is 0.410 e. The topological polar surface area (TPSA) is 78.5 Å². The summed E-state index contributed by atoms with van der Waals surface area (Å²) in [7, 11) is 1.90. The Balaban J connectivity index is 1.28. The molecule has 1 N–H and O–H groups in total. The van der Waals surface area contributed by atoms with Crippen molar-refractivity contribution in [2.75, 3.05) is 26.7 Å². The molecular weight excluding hydrogens is 428 g/mol. The number of amides is 2. The Morgan fingerprint density at radius 2 is 1.82 bits per heavy atom. The number of hydrogen-bond acceptors (Lipinski definition) is 4. The quantitative estimate of drug-likeness (QED) is 0.508. The number of ether oxygens (including phenoxy) is 1. The van der Waals surface area contributed by atoms with Crippen molar-refractivity contribution in [2.45, 2.75) is 71.3 Å². The third-order valence-corrected chi connectivity index (χ3v) is 6.30. The van der Waals surface area contributed by atoms with Gasteiger partial charge in [0.1, 0.15) is 5.60 Å². The summed E-state index contributed by atoms with van der Waals surface area (Å²) in [5.74, 6) is 0.546. The molecule has 7 heteroatoms. The van der Waals surface area contributed by atoms with Crippen LogP contribution in [0.1, 0.15) is 65.0 Å². The van der Waals surface area contributed by atoms with Crippen LogP contribution in [0, 0.1) is 5.92 Å². The molecule has 0 unspecified atom stereocenters. The lowest BCUT2D eigenvalue weighted by molar-refractivity contribution is -0.131. The minimum absolute atomic E-state index is 0.205. The van der Waals surface area contributed by atoms with Crippen LogP contribution in [-0.2, 0) is 16.0 Å². The third kappa shape index (κ3) is 8.19. The molecule has 1 aliphatic rings. The van der Waals surface area contributed by atoms with Crippen molar-refractivity contribution in [3.8, 4) is 11.3 Å². The predicted octanol–water partition coefficient (Wildman–Crippen LogP) is 5.29. The summed E-state index contributed by atoms with van der Waals surface area (Å²) in [4.78, 5) is 28.5. The van der Waals surface area contributed by atoms with Crippen molar-refractivity contribution in [2.24, 2.45) is 5.92 Å². The lowest BCUT2D eigenvalue weighted by Crippen LogP contribution is -2.42. The van der Waals surface area contributed by atoms with Gasteiger partial charge in [0, 0.05) is 44.4 Å². The average molecular weight is 469 g/mol. The smallest absolute Gasteiger partial charge is 0.410 e. The second-order valence-electron chi connectivity index (χ2n) is 10.4. The predicted molar refractivity (Wildman–Crippen MR) is 134 cm³/mol. The molecule has 1 fully saturated rings. The first-order valence-electron chi connectivity index (χ1n) is 12.5. The molecule has 2 heterocycles. The minimum Gasteiger partial charge on any atom is -0.444 e. The number of H-pyrrole nitrogens is 1. The van der Waals surface area contributed by atoms with E-state index in [9.17, 15) is 9.59 Å². The Bertz CT molecular complexity index is 911. The molecule has 0 atom stereocenters. The summed E-state index contributed by atoms with van der Waals surface area (Å²) in [6.45, 7) is 7.75. The van der Waals surface area contributed by atoms with Crippen LogP contribution in [0.3, 0.4) is 0 Å². The van der Waals surface area contributed by atoms with E-state index in [1.807, 2.05) is 50.9 Å². The zero-order valence-corrected chi connectivity index (χ0v) is 21.2. The molecule has 7 nitrogen and oxygen atoms in total. The molecule has 1 saturated heterocycles. The number of hydrogen-bond donors (Lipinski definition) is 1. The zero-order valence-electron chi connectivity index (χ0n) is 21.2. The fraction of sp³-hybridized carbons (Fsp3) is 0.593. The standard InChI is InChI=1S/C27H40N4O3/c1-27(2,3)34-26(33)31-17-14-21(15-18-31)19-25(32)30(4)16-10-6-9-13-23-20-24(29-28-23)22-11-7-5-8-12-22/h5,7-8,11-12,20-21H,6,9-10,13-19H2,1-4H3,(H,28,29). The molecule has 0 bridgehead atoms. The van der Waals surface area contributed by atoms with Gasteiger partial charge in [-0.15, -0.1) is 0 Å². The first-order chi connectivity index (χ1) is 16.2. The van der Waals surface area contributed by atoms with Gasteiger partial charge in [-0.05, 0) is 64.9 Å². The summed E-state index contributed by atoms with van der Waals surface area (Å²) in [6, 6.07) is 12.3. The fourth-order valence-electron chi connectivity index (χ4n) is 4.26. The summed E-state index contributed by atoms with van der Waals surface area (Å²) in [6.07, 6.45) is 6.14. The van der Waals surface area contributed by atoms with Gasteiger partial charge in [-0.3, -0.25) is 9.89 Å². The highest BCUT2D eigenvalue weighted by molar-refractivity contribution is 5.76. The van der Waals surface area contributed by atoms with Gasteiger partial charge in [0.15, 0.2) is 0 Å². The molecule has 2 amide bonds. The monoisotopic (exact) mass is 468 g/mol. The van der Waals surface area contributed by atoms with E-state index in [1.165, 1.54) is 0 Å². The molecule has 0 saturated carbocycles. The Morgan fingerprint density at radius 1 is 1.12 bits per heavy atom. The normalized spacial score (nSPS) is 14.8. The van der Waals surface area contributed by atoms with E-state index < -0.39 is 5.60 Å². The van der Waals surface area contributed by atoms with Gasteiger partial charge in [-0.1, -0.05) is 36.8 Å². The number of unbranched alkanes of at least 4 members (excludes halogenated alkanes) is 2. The van der Waals surface area contributed by atoms with Crippen molar-refractivity contribution in [3.63, 3.8) is 0 Å². The number of aryl methyl sites for hydroxylation is 1. The van der Waals surface area contributed by atoms with E-state index in [1.54, 1.807) is 4.90 Å². The Labute approximate surface area is 203 Å². The van der Waals surface area contributed by atoms with Gasteiger partial charge in [0.05, 0.1) is 5.69 Å².